The van der Waals surface area contributed by atoms with Crippen LogP contribution in [0.25, 0.3) is 0 Å². The second-order valence-corrected chi connectivity index (χ2v) is 6.67. The van der Waals surface area contributed by atoms with E-state index < -0.39 is 0 Å². The lowest BCUT2D eigenvalue weighted by Crippen LogP contribution is -2.54. The number of rotatable bonds is 4. The smallest absolute Gasteiger partial charge is 0.227 e. The molecule has 2 atom stereocenters. The molecule has 1 aliphatic carbocycles. The summed E-state index contributed by atoms with van der Waals surface area (Å²) in [6.45, 7) is 5.69. The Morgan fingerprint density at radius 1 is 1.14 bits per heavy atom. The van der Waals surface area contributed by atoms with E-state index in [4.69, 9.17) is 5.73 Å². The van der Waals surface area contributed by atoms with Gasteiger partial charge in [-0.1, -0.05) is 43.7 Å². The van der Waals surface area contributed by atoms with Gasteiger partial charge in [-0.05, 0) is 18.4 Å². The number of hydrogen-bond donors (Lipinski definition) is 1. The Morgan fingerprint density at radius 3 is 2.32 bits per heavy atom. The van der Waals surface area contributed by atoms with E-state index in [-0.39, 0.29) is 17.9 Å². The number of carbonyl (C=O) groups is 1. The van der Waals surface area contributed by atoms with Crippen LogP contribution < -0.4 is 5.73 Å². The van der Waals surface area contributed by atoms with E-state index in [1.807, 2.05) is 42.2 Å². The first kappa shape index (κ1) is 15.5. The standard InChI is InChI=1S/C18H27N3O/c1-14(17(19)15-6-3-2-4-7-15)18(22)21-12-10-20(11-13-21)16-8-5-9-16/h2-4,6-7,14,16-17H,5,8-13,19H2,1H3. The van der Waals surface area contributed by atoms with Crippen LogP contribution in [-0.4, -0.2) is 47.9 Å². The summed E-state index contributed by atoms with van der Waals surface area (Å²) in [6.07, 6.45) is 4.04. The molecule has 1 heterocycles. The van der Waals surface area contributed by atoms with Gasteiger partial charge in [0.1, 0.15) is 0 Å². The van der Waals surface area contributed by atoms with Crippen molar-refractivity contribution >= 4 is 5.91 Å². The highest BCUT2D eigenvalue weighted by molar-refractivity contribution is 5.79. The molecular weight excluding hydrogens is 274 g/mol. The number of piperazine rings is 1. The third-order valence-corrected chi connectivity index (χ3v) is 5.33. The number of hydrogen-bond acceptors (Lipinski definition) is 3. The number of carbonyl (C=O) groups excluding carboxylic acids is 1. The molecule has 22 heavy (non-hydrogen) atoms. The Hall–Kier alpha value is -1.39. The fourth-order valence-corrected chi connectivity index (χ4v) is 3.46. The molecule has 1 amide bonds. The van der Waals surface area contributed by atoms with E-state index in [1.165, 1.54) is 19.3 Å². The lowest BCUT2D eigenvalue weighted by molar-refractivity contribution is -0.138. The minimum absolute atomic E-state index is 0.169. The van der Waals surface area contributed by atoms with Gasteiger partial charge in [-0.3, -0.25) is 9.69 Å². The fourth-order valence-electron chi connectivity index (χ4n) is 3.46. The average molecular weight is 301 g/mol. The normalized spacial score (nSPS) is 22.9. The fraction of sp³-hybridized carbons (Fsp3) is 0.611. The lowest BCUT2D eigenvalue weighted by Gasteiger charge is -2.43. The highest BCUT2D eigenvalue weighted by atomic mass is 16.2. The van der Waals surface area contributed by atoms with Crippen molar-refractivity contribution < 1.29 is 4.79 Å². The van der Waals surface area contributed by atoms with Crippen LogP contribution >= 0.6 is 0 Å². The highest BCUT2D eigenvalue weighted by Crippen LogP contribution is 2.26. The maximum absolute atomic E-state index is 12.7. The molecule has 0 spiro atoms. The minimum Gasteiger partial charge on any atom is -0.340 e. The molecule has 2 aliphatic rings. The summed E-state index contributed by atoms with van der Waals surface area (Å²) in [7, 11) is 0. The number of benzene rings is 1. The quantitative estimate of drug-likeness (QED) is 0.925. The second-order valence-electron chi connectivity index (χ2n) is 6.67. The highest BCUT2D eigenvalue weighted by Gasteiger charge is 2.32. The average Bonchev–Trinajstić information content (AvgIpc) is 2.53. The molecule has 1 saturated heterocycles. The summed E-state index contributed by atoms with van der Waals surface area (Å²) in [5, 5.41) is 0. The summed E-state index contributed by atoms with van der Waals surface area (Å²) in [4.78, 5) is 17.3. The number of nitrogens with zero attached hydrogens (tertiary/aromatic N) is 2. The molecule has 1 aromatic rings. The van der Waals surface area contributed by atoms with Crippen LogP contribution in [0.1, 0.15) is 37.8 Å². The molecule has 2 N–H and O–H groups in total. The minimum atomic E-state index is -0.224. The summed E-state index contributed by atoms with van der Waals surface area (Å²) in [5.41, 5.74) is 7.33. The van der Waals surface area contributed by atoms with Gasteiger partial charge in [0.05, 0.1) is 5.92 Å². The second kappa shape index (κ2) is 6.80. The SMILES string of the molecule is CC(C(=O)N1CCN(C2CCC2)CC1)C(N)c1ccccc1. The predicted molar refractivity (Wildman–Crippen MR) is 88.3 cm³/mol. The number of nitrogens with two attached hydrogens (primary N) is 1. The molecule has 120 valence electrons. The molecular formula is C18H27N3O. The summed E-state index contributed by atoms with van der Waals surface area (Å²) < 4.78 is 0. The molecule has 2 unspecified atom stereocenters. The first-order valence-electron chi connectivity index (χ1n) is 8.50. The maximum atomic E-state index is 12.7. The number of amides is 1. The Kier molecular flexibility index (Phi) is 4.79. The zero-order chi connectivity index (χ0) is 15.5. The third kappa shape index (κ3) is 3.18. The largest absolute Gasteiger partial charge is 0.340 e. The molecule has 1 saturated carbocycles. The van der Waals surface area contributed by atoms with Crippen LogP contribution in [0.5, 0.6) is 0 Å². The van der Waals surface area contributed by atoms with Crippen molar-refractivity contribution in [2.75, 3.05) is 26.2 Å². The van der Waals surface area contributed by atoms with Crippen LogP contribution in [0.2, 0.25) is 0 Å². The van der Waals surface area contributed by atoms with Gasteiger partial charge in [0.25, 0.3) is 0 Å². The molecule has 0 aromatic heterocycles. The van der Waals surface area contributed by atoms with Gasteiger partial charge in [-0.15, -0.1) is 0 Å². The molecule has 0 bridgehead atoms. The van der Waals surface area contributed by atoms with Crippen molar-refractivity contribution in [2.45, 2.75) is 38.3 Å². The summed E-state index contributed by atoms with van der Waals surface area (Å²) >= 11 is 0. The molecule has 0 radical (unpaired) electrons. The summed E-state index contributed by atoms with van der Waals surface area (Å²) in [6, 6.07) is 10.5. The first-order valence-corrected chi connectivity index (χ1v) is 8.50. The van der Waals surface area contributed by atoms with Gasteiger partial charge in [-0.2, -0.15) is 0 Å². The topological polar surface area (TPSA) is 49.6 Å². The van der Waals surface area contributed by atoms with Crippen molar-refractivity contribution in [3.05, 3.63) is 35.9 Å². The molecule has 4 nitrogen and oxygen atoms in total. The zero-order valence-electron chi connectivity index (χ0n) is 13.4. The van der Waals surface area contributed by atoms with Crippen LogP contribution in [0.15, 0.2) is 30.3 Å². The molecule has 3 rings (SSSR count). The molecule has 4 heteroatoms. The first-order chi connectivity index (χ1) is 10.7. The Morgan fingerprint density at radius 2 is 1.77 bits per heavy atom. The Bertz CT molecular complexity index is 492. The van der Waals surface area contributed by atoms with Crippen LogP contribution in [0.3, 0.4) is 0 Å². The summed E-state index contributed by atoms with van der Waals surface area (Å²) in [5.74, 6) is 0.0299. The van der Waals surface area contributed by atoms with E-state index in [9.17, 15) is 4.79 Å². The van der Waals surface area contributed by atoms with E-state index in [0.29, 0.717) is 0 Å². The monoisotopic (exact) mass is 301 g/mol. The van der Waals surface area contributed by atoms with E-state index in [1.54, 1.807) is 0 Å². The van der Waals surface area contributed by atoms with Crippen LogP contribution in [0, 0.1) is 5.92 Å². The van der Waals surface area contributed by atoms with Crippen molar-refractivity contribution in [1.29, 1.82) is 0 Å². The maximum Gasteiger partial charge on any atom is 0.227 e. The van der Waals surface area contributed by atoms with Crippen molar-refractivity contribution in [1.82, 2.24) is 9.80 Å². The zero-order valence-corrected chi connectivity index (χ0v) is 13.4. The predicted octanol–water partition coefficient (Wildman–Crippen LogP) is 2.02. The van der Waals surface area contributed by atoms with Crippen molar-refractivity contribution in [3.8, 4) is 0 Å². The van der Waals surface area contributed by atoms with Gasteiger partial charge in [0.2, 0.25) is 5.91 Å². The van der Waals surface area contributed by atoms with Crippen molar-refractivity contribution in [3.63, 3.8) is 0 Å². The van der Waals surface area contributed by atoms with Gasteiger partial charge in [0, 0.05) is 38.3 Å². The third-order valence-electron chi connectivity index (χ3n) is 5.33. The molecule has 1 aliphatic heterocycles. The van der Waals surface area contributed by atoms with E-state index >= 15 is 0 Å². The Labute approximate surface area is 133 Å². The molecule has 1 aromatic carbocycles. The van der Waals surface area contributed by atoms with Crippen LogP contribution in [0.4, 0.5) is 0 Å². The van der Waals surface area contributed by atoms with E-state index in [2.05, 4.69) is 4.90 Å². The van der Waals surface area contributed by atoms with Gasteiger partial charge in [0.15, 0.2) is 0 Å². The van der Waals surface area contributed by atoms with Gasteiger partial charge >= 0.3 is 0 Å². The van der Waals surface area contributed by atoms with Gasteiger partial charge < -0.3 is 10.6 Å². The van der Waals surface area contributed by atoms with Crippen molar-refractivity contribution in [2.24, 2.45) is 11.7 Å². The van der Waals surface area contributed by atoms with Crippen LogP contribution in [-0.2, 0) is 4.79 Å². The van der Waals surface area contributed by atoms with Gasteiger partial charge in [-0.25, -0.2) is 0 Å². The lowest BCUT2D eigenvalue weighted by atomic mass is 9.90. The molecule has 2 fully saturated rings. The Balaban J connectivity index is 1.55. The van der Waals surface area contributed by atoms with E-state index in [0.717, 1.165) is 37.8 Å².